The summed E-state index contributed by atoms with van der Waals surface area (Å²) in [5, 5.41) is 3.17. The minimum atomic E-state index is -0.516. The molecule has 1 heterocycles. The summed E-state index contributed by atoms with van der Waals surface area (Å²) in [7, 11) is 1.51. The Kier molecular flexibility index (Phi) is 5.42. The van der Waals surface area contributed by atoms with Crippen molar-refractivity contribution in [3.8, 4) is 5.75 Å². The van der Waals surface area contributed by atoms with Crippen LogP contribution in [0.3, 0.4) is 0 Å². The predicted molar refractivity (Wildman–Crippen MR) is 96.7 cm³/mol. The highest BCUT2D eigenvalue weighted by atomic mass is 35.5. The third kappa shape index (κ3) is 3.80. The lowest BCUT2D eigenvalue weighted by Gasteiger charge is -2.20. The number of benzene rings is 2. The fourth-order valence-corrected chi connectivity index (χ4v) is 3.12. The highest BCUT2D eigenvalue weighted by Crippen LogP contribution is 2.35. The van der Waals surface area contributed by atoms with E-state index in [1.807, 2.05) is 0 Å². The van der Waals surface area contributed by atoms with E-state index in [1.54, 1.807) is 36.4 Å². The molecular weight excluding hydrogens is 359 g/mol. The van der Waals surface area contributed by atoms with Gasteiger partial charge in [0.25, 0.3) is 0 Å². The Labute approximate surface area is 155 Å². The molecule has 136 valence electrons. The summed E-state index contributed by atoms with van der Waals surface area (Å²) < 4.78 is 18.9. The molecule has 0 saturated carbocycles. The van der Waals surface area contributed by atoms with E-state index in [0.29, 0.717) is 22.0 Å². The fraction of sp³-hybridized carbons (Fsp3) is 0.263. The SMILES string of the molecule is COc1ccc(Cl)cc1N1CC(C(=O)NCc2ccccc2F)CC1=O. The van der Waals surface area contributed by atoms with Gasteiger partial charge in [0.05, 0.1) is 18.7 Å². The highest BCUT2D eigenvalue weighted by Gasteiger charge is 2.36. The van der Waals surface area contributed by atoms with E-state index in [9.17, 15) is 14.0 Å². The summed E-state index contributed by atoms with van der Waals surface area (Å²) in [4.78, 5) is 26.3. The lowest BCUT2D eigenvalue weighted by atomic mass is 10.1. The van der Waals surface area contributed by atoms with Gasteiger partial charge in [-0.25, -0.2) is 4.39 Å². The number of halogens is 2. The number of nitrogens with zero attached hydrogens (tertiary/aromatic N) is 1. The molecule has 0 bridgehead atoms. The number of hydrogen-bond donors (Lipinski definition) is 1. The largest absolute Gasteiger partial charge is 0.495 e. The quantitative estimate of drug-likeness (QED) is 0.872. The van der Waals surface area contributed by atoms with Crippen molar-refractivity contribution in [3.63, 3.8) is 0 Å². The molecule has 0 aliphatic carbocycles. The van der Waals surface area contributed by atoms with Crippen molar-refractivity contribution in [2.45, 2.75) is 13.0 Å². The number of rotatable bonds is 5. The maximum atomic E-state index is 13.6. The van der Waals surface area contributed by atoms with Gasteiger partial charge in [0.1, 0.15) is 11.6 Å². The van der Waals surface area contributed by atoms with E-state index in [4.69, 9.17) is 16.3 Å². The zero-order chi connectivity index (χ0) is 18.7. The first-order chi connectivity index (χ1) is 12.5. The molecule has 1 N–H and O–H groups in total. The summed E-state index contributed by atoms with van der Waals surface area (Å²) in [6.45, 7) is 0.301. The van der Waals surface area contributed by atoms with Gasteiger partial charge in [0.15, 0.2) is 0 Å². The number of amides is 2. The minimum Gasteiger partial charge on any atom is -0.495 e. The predicted octanol–water partition coefficient (Wildman–Crippen LogP) is 3.16. The smallest absolute Gasteiger partial charge is 0.227 e. The molecule has 2 aromatic rings. The van der Waals surface area contributed by atoms with Crippen LogP contribution in [-0.4, -0.2) is 25.5 Å². The zero-order valence-electron chi connectivity index (χ0n) is 14.2. The molecule has 1 fully saturated rings. The molecule has 2 amide bonds. The highest BCUT2D eigenvalue weighted by molar-refractivity contribution is 6.31. The Morgan fingerprint density at radius 1 is 1.35 bits per heavy atom. The molecule has 1 aliphatic heterocycles. The third-order valence-corrected chi connectivity index (χ3v) is 4.57. The van der Waals surface area contributed by atoms with E-state index in [0.717, 1.165) is 0 Å². The van der Waals surface area contributed by atoms with E-state index in [2.05, 4.69) is 5.32 Å². The van der Waals surface area contributed by atoms with Crippen LogP contribution in [0.4, 0.5) is 10.1 Å². The molecule has 3 rings (SSSR count). The van der Waals surface area contributed by atoms with Gasteiger partial charge in [-0.1, -0.05) is 29.8 Å². The van der Waals surface area contributed by atoms with Crippen LogP contribution >= 0.6 is 11.6 Å². The Bertz CT molecular complexity index is 843. The normalized spacial score (nSPS) is 16.7. The second-order valence-corrected chi connectivity index (χ2v) is 6.47. The monoisotopic (exact) mass is 376 g/mol. The van der Waals surface area contributed by atoms with Gasteiger partial charge < -0.3 is 15.0 Å². The number of carbonyl (C=O) groups excluding carboxylic acids is 2. The van der Waals surface area contributed by atoms with Crippen LogP contribution in [0.5, 0.6) is 5.75 Å². The Balaban J connectivity index is 1.69. The van der Waals surface area contributed by atoms with E-state index in [-0.39, 0.29) is 37.1 Å². The summed E-state index contributed by atoms with van der Waals surface area (Å²) >= 11 is 6.02. The van der Waals surface area contributed by atoms with E-state index >= 15 is 0 Å². The van der Waals surface area contributed by atoms with E-state index in [1.165, 1.54) is 18.1 Å². The number of methoxy groups -OCH3 is 1. The summed E-state index contributed by atoms with van der Waals surface area (Å²) in [6.07, 6.45) is 0.0821. The first kappa shape index (κ1) is 18.2. The maximum absolute atomic E-state index is 13.6. The first-order valence-corrected chi connectivity index (χ1v) is 8.52. The van der Waals surface area contributed by atoms with Crippen LogP contribution in [0.1, 0.15) is 12.0 Å². The first-order valence-electron chi connectivity index (χ1n) is 8.14. The van der Waals surface area contributed by atoms with Gasteiger partial charge in [-0.3, -0.25) is 9.59 Å². The molecule has 0 spiro atoms. The van der Waals surface area contributed by atoms with Crippen molar-refractivity contribution in [1.29, 1.82) is 0 Å². The van der Waals surface area contributed by atoms with Gasteiger partial charge in [0, 0.05) is 30.1 Å². The van der Waals surface area contributed by atoms with Crippen LogP contribution in [0.15, 0.2) is 42.5 Å². The maximum Gasteiger partial charge on any atom is 0.227 e. The van der Waals surface area contributed by atoms with Crippen LogP contribution < -0.4 is 15.0 Å². The van der Waals surface area contributed by atoms with Crippen molar-refractivity contribution in [3.05, 3.63) is 58.9 Å². The van der Waals surface area contributed by atoms with Crippen molar-refractivity contribution in [2.75, 3.05) is 18.6 Å². The standard InChI is InChI=1S/C19H18ClFN2O3/c1-26-17-7-6-14(20)9-16(17)23-11-13(8-18(23)24)19(25)22-10-12-4-2-3-5-15(12)21/h2-7,9,13H,8,10-11H2,1H3,(H,22,25). The molecule has 0 aromatic heterocycles. The molecule has 26 heavy (non-hydrogen) atoms. The molecule has 1 aliphatic rings. The Morgan fingerprint density at radius 3 is 2.85 bits per heavy atom. The second-order valence-electron chi connectivity index (χ2n) is 6.03. The topological polar surface area (TPSA) is 58.6 Å². The van der Waals surface area contributed by atoms with Crippen molar-refractivity contribution < 1.29 is 18.7 Å². The van der Waals surface area contributed by atoms with Gasteiger partial charge in [-0.2, -0.15) is 0 Å². The van der Waals surface area contributed by atoms with Gasteiger partial charge in [-0.15, -0.1) is 0 Å². The van der Waals surface area contributed by atoms with Crippen molar-refractivity contribution in [1.82, 2.24) is 5.32 Å². The molecule has 1 atom stereocenters. The van der Waals surface area contributed by atoms with Crippen LogP contribution in [0.25, 0.3) is 0 Å². The summed E-state index contributed by atoms with van der Waals surface area (Å²) in [6, 6.07) is 11.2. The molecule has 1 unspecified atom stereocenters. The summed E-state index contributed by atoms with van der Waals surface area (Å²) in [5.74, 6) is -0.851. The number of ether oxygens (including phenoxy) is 1. The van der Waals surface area contributed by atoms with Crippen LogP contribution in [0.2, 0.25) is 5.02 Å². The average molecular weight is 377 g/mol. The molecule has 7 heteroatoms. The lowest BCUT2D eigenvalue weighted by molar-refractivity contribution is -0.126. The molecule has 1 saturated heterocycles. The van der Waals surface area contributed by atoms with Crippen LogP contribution in [0, 0.1) is 11.7 Å². The third-order valence-electron chi connectivity index (χ3n) is 4.34. The van der Waals surface area contributed by atoms with Crippen molar-refractivity contribution in [2.24, 2.45) is 5.92 Å². The number of carbonyl (C=O) groups is 2. The van der Waals surface area contributed by atoms with Gasteiger partial charge in [-0.05, 0) is 24.3 Å². The Hall–Kier alpha value is -2.60. The minimum absolute atomic E-state index is 0.0800. The number of anilines is 1. The molecule has 5 nitrogen and oxygen atoms in total. The van der Waals surface area contributed by atoms with E-state index < -0.39 is 5.92 Å². The molecular formula is C19H18ClFN2O3. The second kappa shape index (κ2) is 7.74. The molecule has 0 radical (unpaired) electrons. The van der Waals surface area contributed by atoms with Gasteiger partial charge in [0.2, 0.25) is 11.8 Å². The lowest BCUT2D eigenvalue weighted by Crippen LogP contribution is -2.32. The van der Waals surface area contributed by atoms with Crippen LogP contribution in [-0.2, 0) is 16.1 Å². The number of hydrogen-bond acceptors (Lipinski definition) is 3. The summed E-state index contributed by atoms with van der Waals surface area (Å²) in [5.41, 5.74) is 0.938. The average Bonchev–Trinajstić information content (AvgIpc) is 3.02. The molecule has 2 aromatic carbocycles. The van der Waals surface area contributed by atoms with Gasteiger partial charge >= 0.3 is 0 Å². The fourth-order valence-electron chi connectivity index (χ4n) is 2.96. The Morgan fingerprint density at radius 2 is 2.12 bits per heavy atom. The number of nitrogens with one attached hydrogen (secondary N) is 1. The zero-order valence-corrected chi connectivity index (χ0v) is 14.9. The van der Waals surface area contributed by atoms with Crippen molar-refractivity contribution >= 4 is 29.1 Å².